The Morgan fingerprint density at radius 1 is 1.17 bits per heavy atom. The monoisotopic (exact) mass is 324 g/mol. The van der Waals surface area contributed by atoms with Gasteiger partial charge in [-0.15, -0.1) is 0 Å². The van der Waals surface area contributed by atoms with E-state index in [4.69, 9.17) is 4.74 Å². The maximum Gasteiger partial charge on any atom is 0.238 e. The molecule has 0 aromatic heterocycles. The second kappa shape index (κ2) is 7.49. The Labute approximate surface area is 143 Å². The van der Waals surface area contributed by atoms with Gasteiger partial charge in [0.1, 0.15) is 5.75 Å². The highest BCUT2D eigenvalue weighted by Gasteiger charge is 2.27. The van der Waals surface area contributed by atoms with E-state index in [0.29, 0.717) is 12.6 Å². The van der Waals surface area contributed by atoms with Gasteiger partial charge in [0.2, 0.25) is 5.91 Å². The van der Waals surface area contributed by atoms with Crippen LogP contribution in [0.25, 0.3) is 0 Å². The van der Waals surface area contributed by atoms with Crippen molar-refractivity contribution in [2.75, 3.05) is 25.5 Å². The molecule has 4 nitrogen and oxygen atoms in total. The Kier molecular flexibility index (Phi) is 5.16. The highest BCUT2D eigenvalue weighted by molar-refractivity contribution is 5.92. The van der Waals surface area contributed by atoms with Crippen molar-refractivity contribution in [3.05, 3.63) is 59.7 Å². The topological polar surface area (TPSA) is 41.6 Å². The van der Waals surface area contributed by atoms with E-state index in [1.165, 1.54) is 11.1 Å². The number of nitrogens with zero attached hydrogens (tertiary/aromatic N) is 1. The maximum atomic E-state index is 12.4. The van der Waals surface area contributed by atoms with Crippen molar-refractivity contribution in [2.24, 2.45) is 0 Å². The number of carbonyl (C=O) groups is 1. The molecule has 0 bridgehead atoms. The van der Waals surface area contributed by atoms with Crippen LogP contribution in [-0.4, -0.2) is 31.0 Å². The first-order valence-corrected chi connectivity index (χ1v) is 8.40. The molecule has 0 unspecified atom stereocenters. The Morgan fingerprint density at radius 3 is 2.54 bits per heavy atom. The molecule has 2 aromatic rings. The molecule has 1 saturated heterocycles. The lowest BCUT2D eigenvalue weighted by atomic mass is 10.0. The summed E-state index contributed by atoms with van der Waals surface area (Å²) in [6.45, 7) is 3.41. The molecule has 1 N–H and O–H groups in total. The lowest BCUT2D eigenvalue weighted by molar-refractivity contribution is -0.117. The Morgan fingerprint density at radius 2 is 1.88 bits per heavy atom. The standard InChI is InChI=1S/C20H24N2O2/c1-15-5-9-17(10-6-15)21-20(23)14-22-13-3-4-19(22)16-7-11-18(24-2)12-8-16/h5-12,19H,3-4,13-14H2,1-2H3,(H,21,23)/t19-/m1/s1. The zero-order valence-corrected chi connectivity index (χ0v) is 14.3. The van der Waals surface area contributed by atoms with Crippen LogP contribution in [-0.2, 0) is 4.79 Å². The van der Waals surface area contributed by atoms with Crippen molar-refractivity contribution in [1.82, 2.24) is 4.90 Å². The van der Waals surface area contributed by atoms with E-state index in [-0.39, 0.29) is 5.91 Å². The van der Waals surface area contributed by atoms with Crippen LogP contribution in [0.3, 0.4) is 0 Å². The second-order valence-corrected chi connectivity index (χ2v) is 6.32. The molecule has 3 rings (SSSR count). The number of hydrogen-bond donors (Lipinski definition) is 1. The molecule has 1 heterocycles. The summed E-state index contributed by atoms with van der Waals surface area (Å²) in [6, 6.07) is 16.4. The summed E-state index contributed by atoms with van der Waals surface area (Å²) >= 11 is 0. The molecule has 1 aliphatic rings. The van der Waals surface area contributed by atoms with Gasteiger partial charge in [-0.05, 0) is 56.1 Å². The molecule has 1 atom stereocenters. The van der Waals surface area contributed by atoms with Gasteiger partial charge in [-0.2, -0.15) is 0 Å². The molecule has 0 aliphatic carbocycles. The zero-order valence-electron chi connectivity index (χ0n) is 14.3. The quantitative estimate of drug-likeness (QED) is 0.910. The van der Waals surface area contributed by atoms with E-state index in [2.05, 4.69) is 22.3 Å². The van der Waals surface area contributed by atoms with E-state index in [9.17, 15) is 4.79 Å². The summed E-state index contributed by atoms with van der Waals surface area (Å²) in [5.74, 6) is 0.902. The summed E-state index contributed by atoms with van der Waals surface area (Å²) in [6.07, 6.45) is 2.21. The molecule has 24 heavy (non-hydrogen) atoms. The van der Waals surface area contributed by atoms with Gasteiger partial charge in [0, 0.05) is 11.7 Å². The molecule has 1 aliphatic heterocycles. The van der Waals surface area contributed by atoms with Gasteiger partial charge in [-0.3, -0.25) is 9.69 Å². The van der Waals surface area contributed by atoms with Crippen LogP contribution >= 0.6 is 0 Å². The maximum absolute atomic E-state index is 12.4. The summed E-state index contributed by atoms with van der Waals surface area (Å²) in [7, 11) is 1.67. The number of rotatable bonds is 5. The van der Waals surface area contributed by atoms with Gasteiger partial charge in [0.05, 0.1) is 13.7 Å². The van der Waals surface area contributed by atoms with Crippen molar-refractivity contribution >= 4 is 11.6 Å². The largest absolute Gasteiger partial charge is 0.497 e. The molecular weight excluding hydrogens is 300 g/mol. The normalized spacial score (nSPS) is 17.7. The Bertz CT molecular complexity index is 680. The fourth-order valence-corrected chi connectivity index (χ4v) is 3.24. The third-order valence-corrected chi connectivity index (χ3v) is 4.55. The number of methoxy groups -OCH3 is 1. The zero-order chi connectivity index (χ0) is 16.9. The minimum atomic E-state index is 0.0410. The van der Waals surface area contributed by atoms with Crippen LogP contribution < -0.4 is 10.1 Å². The van der Waals surface area contributed by atoms with Gasteiger partial charge >= 0.3 is 0 Å². The molecule has 126 valence electrons. The van der Waals surface area contributed by atoms with Crippen LogP contribution in [0.5, 0.6) is 5.75 Å². The van der Waals surface area contributed by atoms with Gasteiger partial charge < -0.3 is 10.1 Å². The minimum Gasteiger partial charge on any atom is -0.497 e. The van der Waals surface area contributed by atoms with Crippen LogP contribution in [0.4, 0.5) is 5.69 Å². The number of nitrogens with one attached hydrogen (secondary N) is 1. The first kappa shape index (κ1) is 16.5. The van der Waals surface area contributed by atoms with Crippen molar-refractivity contribution in [1.29, 1.82) is 0 Å². The van der Waals surface area contributed by atoms with E-state index in [1.54, 1.807) is 7.11 Å². The van der Waals surface area contributed by atoms with E-state index in [0.717, 1.165) is 30.8 Å². The number of benzene rings is 2. The summed E-state index contributed by atoms with van der Waals surface area (Å²) in [5, 5.41) is 2.99. The van der Waals surface area contributed by atoms with Gasteiger partial charge in [-0.25, -0.2) is 0 Å². The lowest BCUT2D eigenvalue weighted by Gasteiger charge is -2.24. The molecule has 0 radical (unpaired) electrons. The number of aryl methyl sites for hydroxylation is 1. The third-order valence-electron chi connectivity index (χ3n) is 4.55. The molecule has 2 aromatic carbocycles. The summed E-state index contributed by atoms with van der Waals surface area (Å²) < 4.78 is 5.22. The highest BCUT2D eigenvalue weighted by Crippen LogP contribution is 2.32. The fourth-order valence-electron chi connectivity index (χ4n) is 3.24. The number of ether oxygens (including phenoxy) is 1. The molecular formula is C20H24N2O2. The Balaban J connectivity index is 1.62. The summed E-state index contributed by atoms with van der Waals surface area (Å²) in [4.78, 5) is 14.6. The molecule has 0 spiro atoms. The van der Waals surface area contributed by atoms with Crippen molar-refractivity contribution in [2.45, 2.75) is 25.8 Å². The highest BCUT2D eigenvalue weighted by atomic mass is 16.5. The average molecular weight is 324 g/mol. The van der Waals surface area contributed by atoms with Crippen molar-refractivity contribution in [3.63, 3.8) is 0 Å². The van der Waals surface area contributed by atoms with Crippen LogP contribution in [0.2, 0.25) is 0 Å². The molecule has 0 saturated carbocycles. The number of amides is 1. The number of hydrogen-bond acceptors (Lipinski definition) is 3. The number of carbonyl (C=O) groups excluding carboxylic acids is 1. The van der Waals surface area contributed by atoms with Crippen LogP contribution in [0.1, 0.15) is 30.0 Å². The van der Waals surface area contributed by atoms with Crippen LogP contribution in [0.15, 0.2) is 48.5 Å². The Hall–Kier alpha value is -2.33. The fraction of sp³-hybridized carbons (Fsp3) is 0.350. The smallest absolute Gasteiger partial charge is 0.238 e. The minimum absolute atomic E-state index is 0.0410. The van der Waals surface area contributed by atoms with E-state index >= 15 is 0 Å². The van der Waals surface area contributed by atoms with Crippen molar-refractivity contribution < 1.29 is 9.53 Å². The molecule has 1 amide bonds. The number of likely N-dealkylation sites (tertiary alicyclic amines) is 1. The SMILES string of the molecule is COc1ccc([C@H]2CCCN2CC(=O)Nc2ccc(C)cc2)cc1. The van der Waals surface area contributed by atoms with E-state index in [1.807, 2.05) is 43.3 Å². The van der Waals surface area contributed by atoms with Crippen LogP contribution in [0, 0.1) is 6.92 Å². The van der Waals surface area contributed by atoms with Gasteiger partial charge in [-0.1, -0.05) is 29.8 Å². The first-order chi connectivity index (χ1) is 11.7. The second-order valence-electron chi connectivity index (χ2n) is 6.32. The predicted octanol–water partition coefficient (Wildman–Crippen LogP) is 3.78. The lowest BCUT2D eigenvalue weighted by Crippen LogP contribution is -2.32. The number of anilines is 1. The first-order valence-electron chi connectivity index (χ1n) is 8.40. The van der Waals surface area contributed by atoms with Crippen molar-refractivity contribution in [3.8, 4) is 5.75 Å². The van der Waals surface area contributed by atoms with Gasteiger partial charge in [0.15, 0.2) is 0 Å². The van der Waals surface area contributed by atoms with Gasteiger partial charge in [0.25, 0.3) is 0 Å². The predicted molar refractivity (Wildman–Crippen MR) is 96.4 cm³/mol. The third kappa shape index (κ3) is 3.95. The molecule has 4 heteroatoms. The van der Waals surface area contributed by atoms with E-state index < -0.39 is 0 Å². The summed E-state index contributed by atoms with van der Waals surface area (Å²) in [5.41, 5.74) is 3.29. The average Bonchev–Trinajstić information content (AvgIpc) is 3.05. The molecule has 1 fully saturated rings.